The molecule has 1 saturated heterocycles. The highest BCUT2D eigenvalue weighted by Gasteiger charge is 2.21. The van der Waals surface area contributed by atoms with Crippen LogP contribution in [0.2, 0.25) is 5.15 Å². The number of amides is 2. The molecule has 3 N–H and O–H groups in total. The molecule has 1 aromatic carbocycles. The Kier molecular flexibility index (Phi) is 6.55. The van der Waals surface area contributed by atoms with Gasteiger partial charge in [0.05, 0.1) is 18.1 Å². The number of morpholine rings is 1. The first-order valence-electron chi connectivity index (χ1n) is 9.63. The van der Waals surface area contributed by atoms with E-state index in [0.29, 0.717) is 30.0 Å². The second-order valence-electron chi connectivity index (χ2n) is 6.76. The molecule has 0 saturated carbocycles. The Morgan fingerprint density at radius 2 is 1.87 bits per heavy atom. The number of halogens is 1. The first-order valence-corrected chi connectivity index (χ1v) is 11.2. The summed E-state index contributed by atoms with van der Waals surface area (Å²) in [5.74, 6) is 1.79. The summed E-state index contributed by atoms with van der Waals surface area (Å²) in [6, 6.07) is 10.7. The van der Waals surface area contributed by atoms with Crippen molar-refractivity contribution in [2.75, 3.05) is 42.8 Å². The number of primary amides is 1. The number of hydrogen-bond acceptors (Lipinski definition) is 7. The zero-order valence-electron chi connectivity index (χ0n) is 16.8. The van der Waals surface area contributed by atoms with Gasteiger partial charge in [0.25, 0.3) is 0 Å². The minimum Gasteiger partial charge on any atom is -0.378 e. The van der Waals surface area contributed by atoms with E-state index >= 15 is 0 Å². The average molecular weight is 457 g/mol. The molecule has 1 fully saturated rings. The smallest absolute Gasteiger partial charge is 0.317 e. The molecule has 10 heteroatoms. The fraction of sp³-hybridized carbons (Fsp3) is 0.238. The highest BCUT2D eigenvalue weighted by atomic mass is 35.5. The number of carbonyl (C=O) groups excluding carboxylic acids is 1. The maximum Gasteiger partial charge on any atom is 0.317 e. The summed E-state index contributed by atoms with van der Waals surface area (Å²) in [6.07, 6.45) is 3.56. The van der Waals surface area contributed by atoms with E-state index in [1.54, 1.807) is 12.3 Å². The van der Waals surface area contributed by atoms with Crippen LogP contribution in [-0.2, 0) is 4.74 Å². The molecular formula is C21H21ClN6O2S. The molecule has 1 aliphatic heterocycles. The van der Waals surface area contributed by atoms with E-state index in [4.69, 9.17) is 27.1 Å². The van der Waals surface area contributed by atoms with E-state index in [-0.39, 0.29) is 0 Å². The fourth-order valence-corrected chi connectivity index (χ4v) is 4.33. The van der Waals surface area contributed by atoms with E-state index in [9.17, 15) is 4.79 Å². The van der Waals surface area contributed by atoms with Crippen LogP contribution in [-0.4, -0.2) is 53.5 Å². The van der Waals surface area contributed by atoms with Gasteiger partial charge in [-0.15, -0.1) is 11.8 Å². The summed E-state index contributed by atoms with van der Waals surface area (Å²) < 4.78 is 5.46. The van der Waals surface area contributed by atoms with Crippen molar-refractivity contribution in [2.24, 2.45) is 5.73 Å². The van der Waals surface area contributed by atoms with Gasteiger partial charge >= 0.3 is 6.03 Å². The number of rotatable bonds is 5. The molecule has 0 spiro atoms. The maximum atomic E-state index is 11.3. The highest BCUT2D eigenvalue weighted by molar-refractivity contribution is 7.98. The molecule has 0 bridgehead atoms. The molecule has 2 amide bonds. The number of pyridine rings is 1. The SMILES string of the molecule is CSc1c(Cl)nc(-c2ccc(-c3cccnc3NC(N)=O)cc2)nc1N1CCOCC1. The number of nitrogens with one attached hydrogen (secondary N) is 1. The number of thioether (sulfide) groups is 1. The molecule has 0 unspecified atom stereocenters. The number of nitrogens with two attached hydrogens (primary N) is 1. The van der Waals surface area contributed by atoms with E-state index in [2.05, 4.69) is 20.2 Å². The molecular weight excluding hydrogens is 436 g/mol. The van der Waals surface area contributed by atoms with Gasteiger partial charge in [0, 0.05) is 30.4 Å². The van der Waals surface area contributed by atoms with Crippen LogP contribution in [0, 0.1) is 0 Å². The largest absolute Gasteiger partial charge is 0.378 e. The average Bonchev–Trinajstić information content (AvgIpc) is 2.79. The Morgan fingerprint density at radius 3 is 2.55 bits per heavy atom. The molecule has 2 aromatic heterocycles. The van der Waals surface area contributed by atoms with E-state index < -0.39 is 6.03 Å². The second kappa shape index (κ2) is 9.51. The zero-order chi connectivity index (χ0) is 21.8. The van der Waals surface area contributed by atoms with Crippen molar-refractivity contribution in [1.82, 2.24) is 15.0 Å². The minimum absolute atomic E-state index is 0.404. The molecule has 4 rings (SSSR count). The monoisotopic (exact) mass is 456 g/mol. The van der Waals surface area contributed by atoms with E-state index in [1.807, 2.05) is 36.6 Å². The maximum absolute atomic E-state index is 11.3. The lowest BCUT2D eigenvalue weighted by atomic mass is 10.0. The molecule has 31 heavy (non-hydrogen) atoms. The summed E-state index contributed by atoms with van der Waals surface area (Å²) in [5, 5.41) is 2.98. The third-order valence-corrected chi connectivity index (χ3v) is 5.99. The Labute approximate surface area is 189 Å². The van der Waals surface area contributed by atoms with Crippen LogP contribution < -0.4 is 16.0 Å². The molecule has 160 valence electrons. The number of carbonyl (C=O) groups is 1. The Balaban J connectivity index is 1.68. The third-order valence-electron chi connectivity index (χ3n) is 4.82. The first-order chi connectivity index (χ1) is 15.1. The van der Waals surface area contributed by atoms with E-state index in [0.717, 1.165) is 40.5 Å². The number of hydrogen-bond donors (Lipinski definition) is 2. The van der Waals surface area contributed by atoms with Crippen LogP contribution in [0.15, 0.2) is 47.5 Å². The van der Waals surface area contributed by atoms with Gasteiger partial charge in [0.15, 0.2) is 5.82 Å². The molecule has 0 aliphatic carbocycles. The normalized spacial score (nSPS) is 13.8. The standard InChI is InChI=1S/C21H21ClN6O2S/c1-31-16-17(22)25-18(26-20(16)28-9-11-30-12-10-28)14-6-4-13(5-7-14)15-3-2-8-24-19(15)27-21(23)29/h2-8H,9-12H2,1H3,(H3,23,24,27,29). The number of aromatic nitrogens is 3. The van der Waals surface area contributed by atoms with Gasteiger partial charge in [-0.25, -0.2) is 19.7 Å². The molecule has 0 radical (unpaired) electrons. The highest BCUT2D eigenvalue weighted by Crippen LogP contribution is 2.35. The number of anilines is 2. The molecule has 3 aromatic rings. The van der Waals surface area contributed by atoms with E-state index in [1.165, 1.54) is 11.8 Å². The van der Waals surface area contributed by atoms with Gasteiger partial charge in [-0.2, -0.15) is 0 Å². The quantitative estimate of drug-likeness (QED) is 0.442. The summed E-state index contributed by atoms with van der Waals surface area (Å²) in [6.45, 7) is 2.84. The van der Waals surface area contributed by atoms with Crippen LogP contribution in [0.3, 0.4) is 0 Å². The van der Waals surface area contributed by atoms with Crippen molar-refractivity contribution >= 4 is 41.0 Å². The lowest BCUT2D eigenvalue weighted by Gasteiger charge is -2.29. The predicted octanol–water partition coefficient (Wildman–Crippen LogP) is 3.91. The summed E-state index contributed by atoms with van der Waals surface area (Å²) >= 11 is 8.04. The fourth-order valence-electron chi connectivity index (χ4n) is 3.36. The third kappa shape index (κ3) is 4.73. The lowest BCUT2D eigenvalue weighted by molar-refractivity contribution is 0.122. The van der Waals surface area contributed by atoms with Crippen molar-refractivity contribution in [3.8, 4) is 22.5 Å². The van der Waals surface area contributed by atoms with Crippen LogP contribution in [0.4, 0.5) is 16.4 Å². The second-order valence-corrected chi connectivity index (χ2v) is 7.93. The van der Waals surface area contributed by atoms with Crippen LogP contribution in [0.5, 0.6) is 0 Å². The van der Waals surface area contributed by atoms with Crippen LogP contribution >= 0.6 is 23.4 Å². The number of benzene rings is 1. The van der Waals surface area contributed by atoms with Crippen LogP contribution in [0.25, 0.3) is 22.5 Å². The number of nitrogens with zero attached hydrogens (tertiary/aromatic N) is 4. The summed E-state index contributed by atoms with van der Waals surface area (Å²) in [7, 11) is 0. The van der Waals surface area contributed by atoms with Gasteiger partial charge in [0.1, 0.15) is 16.8 Å². The van der Waals surface area contributed by atoms with Gasteiger partial charge < -0.3 is 15.4 Å². The summed E-state index contributed by atoms with van der Waals surface area (Å²) in [5.41, 5.74) is 7.73. The van der Waals surface area contributed by atoms with Crippen molar-refractivity contribution in [3.05, 3.63) is 47.7 Å². The molecule has 0 atom stereocenters. The van der Waals surface area contributed by atoms with Crippen molar-refractivity contribution < 1.29 is 9.53 Å². The van der Waals surface area contributed by atoms with Crippen molar-refractivity contribution in [1.29, 1.82) is 0 Å². The Bertz CT molecular complexity index is 1090. The molecule has 3 heterocycles. The Hall–Kier alpha value is -2.88. The van der Waals surface area contributed by atoms with Gasteiger partial charge in [-0.1, -0.05) is 35.9 Å². The van der Waals surface area contributed by atoms with Crippen molar-refractivity contribution in [3.63, 3.8) is 0 Å². The Morgan fingerprint density at radius 1 is 1.16 bits per heavy atom. The number of urea groups is 1. The van der Waals surface area contributed by atoms with Gasteiger partial charge in [-0.05, 0) is 24.0 Å². The first kappa shape index (κ1) is 21.4. The van der Waals surface area contributed by atoms with Crippen LogP contribution in [0.1, 0.15) is 0 Å². The van der Waals surface area contributed by atoms with Gasteiger partial charge in [0.2, 0.25) is 0 Å². The number of ether oxygens (including phenoxy) is 1. The molecule has 1 aliphatic rings. The predicted molar refractivity (Wildman–Crippen MR) is 124 cm³/mol. The topological polar surface area (TPSA) is 106 Å². The molecule has 8 nitrogen and oxygen atoms in total. The zero-order valence-corrected chi connectivity index (χ0v) is 18.4. The van der Waals surface area contributed by atoms with Crippen molar-refractivity contribution in [2.45, 2.75) is 4.90 Å². The summed E-state index contributed by atoms with van der Waals surface area (Å²) in [4.78, 5) is 27.8. The minimum atomic E-state index is -0.663. The lowest BCUT2D eigenvalue weighted by Crippen LogP contribution is -2.37. The van der Waals surface area contributed by atoms with Gasteiger partial charge in [-0.3, -0.25) is 5.32 Å².